The standard InChI is InChI=1S/C18H19BrN2O3/c1-21(2)15(12-7-8-16-17(9-12)24-11-23-16)10-20-18(22)13-5-3-4-6-14(13)19/h3-9,15H,10-11H2,1-2H3,(H,20,22)/t15-/m0/s1. The lowest BCUT2D eigenvalue weighted by molar-refractivity contribution is 0.0941. The first-order chi connectivity index (χ1) is 11.6. The number of amides is 1. The zero-order chi connectivity index (χ0) is 17.1. The average Bonchev–Trinajstić information content (AvgIpc) is 3.02. The van der Waals surface area contributed by atoms with E-state index in [1.807, 2.05) is 50.5 Å². The smallest absolute Gasteiger partial charge is 0.252 e. The first-order valence-corrected chi connectivity index (χ1v) is 8.44. The lowest BCUT2D eigenvalue weighted by Crippen LogP contribution is -2.34. The van der Waals surface area contributed by atoms with Crippen molar-refractivity contribution < 1.29 is 14.3 Å². The Morgan fingerprint density at radius 3 is 2.71 bits per heavy atom. The Morgan fingerprint density at radius 1 is 1.21 bits per heavy atom. The molecule has 1 heterocycles. The summed E-state index contributed by atoms with van der Waals surface area (Å²) in [5, 5.41) is 3.00. The summed E-state index contributed by atoms with van der Waals surface area (Å²) < 4.78 is 11.6. The SMILES string of the molecule is CN(C)[C@@H](CNC(=O)c1ccccc1Br)c1ccc2c(c1)OCO2. The number of halogens is 1. The molecule has 0 bridgehead atoms. The highest BCUT2D eigenvalue weighted by atomic mass is 79.9. The lowest BCUT2D eigenvalue weighted by atomic mass is 10.0. The van der Waals surface area contributed by atoms with Gasteiger partial charge in [0.2, 0.25) is 6.79 Å². The van der Waals surface area contributed by atoms with E-state index in [1.54, 1.807) is 6.07 Å². The molecule has 2 aromatic rings. The van der Waals surface area contributed by atoms with Crippen molar-refractivity contribution in [1.29, 1.82) is 0 Å². The average molecular weight is 391 g/mol. The Morgan fingerprint density at radius 2 is 1.96 bits per heavy atom. The number of benzene rings is 2. The molecule has 0 unspecified atom stereocenters. The molecule has 0 aromatic heterocycles. The fourth-order valence-corrected chi connectivity index (χ4v) is 3.11. The summed E-state index contributed by atoms with van der Waals surface area (Å²) in [5.41, 5.74) is 1.69. The maximum atomic E-state index is 12.4. The van der Waals surface area contributed by atoms with Crippen LogP contribution in [0.1, 0.15) is 22.0 Å². The van der Waals surface area contributed by atoms with E-state index in [2.05, 4.69) is 26.1 Å². The molecule has 0 saturated heterocycles. The van der Waals surface area contributed by atoms with Crippen molar-refractivity contribution in [3.63, 3.8) is 0 Å². The third-order valence-electron chi connectivity index (χ3n) is 3.98. The minimum absolute atomic E-state index is 0.0333. The summed E-state index contributed by atoms with van der Waals surface area (Å²) in [6.07, 6.45) is 0. The van der Waals surface area contributed by atoms with Crippen molar-refractivity contribution in [3.8, 4) is 11.5 Å². The molecule has 24 heavy (non-hydrogen) atoms. The fraction of sp³-hybridized carbons (Fsp3) is 0.278. The van der Waals surface area contributed by atoms with Gasteiger partial charge in [-0.15, -0.1) is 0 Å². The molecule has 6 heteroatoms. The third kappa shape index (κ3) is 3.55. The van der Waals surface area contributed by atoms with Crippen LogP contribution in [0.25, 0.3) is 0 Å². The van der Waals surface area contributed by atoms with Gasteiger partial charge in [-0.25, -0.2) is 0 Å². The maximum Gasteiger partial charge on any atom is 0.252 e. The predicted molar refractivity (Wildman–Crippen MR) is 95.5 cm³/mol. The minimum atomic E-state index is -0.102. The summed E-state index contributed by atoms with van der Waals surface area (Å²) in [5.74, 6) is 1.40. The maximum absolute atomic E-state index is 12.4. The second kappa shape index (κ2) is 7.23. The summed E-state index contributed by atoms with van der Waals surface area (Å²) >= 11 is 3.41. The van der Waals surface area contributed by atoms with Crippen LogP contribution < -0.4 is 14.8 Å². The molecule has 0 spiro atoms. The number of hydrogen-bond acceptors (Lipinski definition) is 4. The molecule has 1 aliphatic rings. The molecule has 5 nitrogen and oxygen atoms in total. The monoisotopic (exact) mass is 390 g/mol. The van der Waals surface area contributed by atoms with Gasteiger partial charge in [0.25, 0.3) is 5.91 Å². The van der Waals surface area contributed by atoms with E-state index in [0.717, 1.165) is 21.5 Å². The van der Waals surface area contributed by atoms with Gasteiger partial charge in [0, 0.05) is 11.0 Å². The normalized spacial score (nSPS) is 13.8. The van der Waals surface area contributed by atoms with Gasteiger partial charge < -0.3 is 19.7 Å². The van der Waals surface area contributed by atoms with Gasteiger partial charge in [0.05, 0.1) is 11.6 Å². The molecule has 1 N–H and O–H groups in total. The van der Waals surface area contributed by atoms with E-state index in [-0.39, 0.29) is 18.7 Å². The summed E-state index contributed by atoms with van der Waals surface area (Å²) in [6, 6.07) is 13.3. The molecule has 1 atom stereocenters. The number of likely N-dealkylation sites (N-methyl/N-ethyl adjacent to an activating group) is 1. The topological polar surface area (TPSA) is 50.8 Å². The molecule has 1 aliphatic heterocycles. The molecule has 0 fully saturated rings. The zero-order valence-electron chi connectivity index (χ0n) is 13.6. The highest BCUT2D eigenvalue weighted by molar-refractivity contribution is 9.10. The lowest BCUT2D eigenvalue weighted by Gasteiger charge is -2.25. The summed E-state index contributed by atoms with van der Waals surface area (Å²) in [4.78, 5) is 14.5. The van der Waals surface area contributed by atoms with Crippen LogP contribution >= 0.6 is 15.9 Å². The highest BCUT2D eigenvalue weighted by Gasteiger charge is 2.20. The molecule has 126 valence electrons. The number of rotatable bonds is 5. The van der Waals surface area contributed by atoms with E-state index < -0.39 is 0 Å². The van der Waals surface area contributed by atoms with Crippen molar-refractivity contribution in [2.24, 2.45) is 0 Å². The molecular weight excluding hydrogens is 372 g/mol. The Bertz CT molecular complexity index is 749. The van der Waals surface area contributed by atoms with Gasteiger partial charge in [-0.2, -0.15) is 0 Å². The largest absolute Gasteiger partial charge is 0.454 e. The number of nitrogens with one attached hydrogen (secondary N) is 1. The molecule has 1 amide bonds. The second-order valence-electron chi connectivity index (χ2n) is 5.78. The van der Waals surface area contributed by atoms with Crippen LogP contribution in [0.5, 0.6) is 11.5 Å². The molecule has 3 rings (SSSR count). The Kier molecular flexibility index (Phi) is 5.06. The number of fused-ring (bicyclic) bond motifs is 1. The van der Waals surface area contributed by atoms with Crippen molar-refractivity contribution >= 4 is 21.8 Å². The van der Waals surface area contributed by atoms with Crippen LogP contribution in [0, 0.1) is 0 Å². The summed E-state index contributed by atoms with van der Waals surface area (Å²) in [6.45, 7) is 0.747. The van der Waals surface area contributed by atoms with E-state index in [0.29, 0.717) is 12.1 Å². The Balaban J connectivity index is 1.73. The van der Waals surface area contributed by atoms with Crippen LogP contribution in [0.4, 0.5) is 0 Å². The van der Waals surface area contributed by atoms with Crippen LogP contribution in [-0.2, 0) is 0 Å². The molecule has 0 radical (unpaired) electrons. The van der Waals surface area contributed by atoms with Gasteiger partial charge in [-0.1, -0.05) is 18.2 Å². The number of carbonyl (C=O) groups is 1. The third-order valence-corrected chi connectivity index (χ3v) is 4.67. The molecule has 0 saturated carbocycles. The second-order valence-corrected chi connectivity index (χ2v) is 6.64. The van der Waals surface area contributed by atoms with Crippen molar-refractivity contribution in [2.45, 2.75) is 6.04 Å². The predicted octanol–water partition coefficient (Wildman–Crippen LogP) is 3.21. The van der Waals surface area contributed by atoms with E-state index in [9.17, 15) is 4.79 Å². The van der Waals surface area contributed by atoms with Gasteiger partial charge in [-0.3, -0.25) is 4.79 Å². The van der Waals surface area contributed by atoms with Crippen molar-refractivity contribution in [3.05, 3.63) is 58.1 Å². The quantitative estimate of drug-likeness (QED) is 0.851. The fourth-order valence-electron chi connectivity index (χ4n) is 2.65. The van der Waals surface area contributed by atoms with Gasteiger partial charge in [0.1, 0.15) is 0 Å². The number of nitrogens with zero attached hydrogens (tertiary/aromatic N) is 1. The first kappa shape index (κ1) is 16.8. The first-order valence-electron chi connectivity index (χ1n) is 7.65. The van der Waals surface area contributed by atoms with Crippen molar-refractivity contribution in [1.82, 2.24) is 10.2 Å². The Labute approximate surface area is 149 Å². The van der Waals surface area contributed by atoms with Gasteiger partial charge in [-0.05, 0) is 59.9 Å². The van der Waals surface area contributed by atoms with Gasteiger partial charge in [0.15, 0.2) is 11.5 Å². The number of hydrogen-bond donors (Lipinski definition) is 1. The number of ether oxygens (including phenoxy) is 2. The van der Waals surface area contributed by atoms with Crippen LogP contribution in [-0.4, -0.2) is 38.2 Å². The van der Waals surface area contributed by atoms with Crippen LogP contribution in [0.15, 0.2) is 46.9 Å². The molecule has 0 aliphatic carbocycles. The van der Waals surface area contributed by atoms with Gasteiger partial charge >= 0.3 is 0 Å². The van der Waals surface area contributed by atoms with Crippen LogP contribution in [0.2, 0.25) is 0 Å². The molecule has 2 aromatic carbocycles. The van der Waals surface area contributed by atoms with Crippen molar-refractivity contribution in [2.75, 3.05) is 27.4 Å². The minimum Gasteiger partial charge on any atom is -0.454 e. The molecular formula is C18H19BrN2O3. The number of carbonyl (C=O) groups excluding carboxylic acids is 1. The van der Waals surface area contributed by atoms with E-state index >= 15 is 0 Å². The zero-order valence-corrected chi connectivity index (χ0v) is 15.2. The van der Waals surface area contributed by atoms with Crippen LogP contribution in [0.3, 0.4) is 0 Å². The Hall–Kier alpha value is -2.05. The van der Waals surface area contributed by atoms with E-state index in [4.69, 9.17) is 9.47 Å². The van der Waals surface area contributed by atoms with E-state index in [1.165, 1.54) is 0 Å². The highest BCUT2D eigenvalue weighted by Crippen LogP contribution is 2.35. The summed E-state index contributed by atoms with van der Waals surface area (Å²) in [7, 11) is 3.97.